The molecule has 1 aliphatic heterocycles. The molecular formula is C16H22BrClO3. The van der Waals surface area contributed by atoms with Gasteiger partial charge in [-0.2, -0.15) is 0 Å². The van der Waals surface area contributed by atoms with E-state index in [0.717, 1.165) is 30.8 Å². The van der Waals surface area contributed by atoms with Gasteiger partial charge in [-0.25, -0.2) is 0 Å². The first-order chi connectivity index (χ1) is 10.0. The molecule has 0 amide bonds. The molecule has 118 valence electrons. The highest BCUT2D eigenvalue weighted by atomic mass is 79.9. The molecule has 1 heterocycles. The van der Waals surface area contributed by atoms with E-state index in [1.807, 2.05) is 26.0 Å². The maximum Gasteiger partial charge on any atom is 0.162 e. The van der Waals surface area contributed by atoms with E-state index < -0.39 is 0 Å². The Kier molecular flexibility index (Phi) is 5.81. The van der Waals surface area contributed by atoms with Crippen molar-refractivity contribution >= 4 is 27.5 Å². The molecule has 2 atom stereocenters. The molecule has 5 heteroatoms. The summed E-state index contributed by atoms with van der Waals surface area (Å²) in [5.41, 5.74) is 0.744. The number of alkyl halides is 1. The van der Waals surface area contributed by atoms with Crippen molar-refractivity contribution in [3.05, 3.63) is 22.7 Å². The Morgan fingerprint density at radius 3 is 2.43 bits per heavy atom. The quantitative estimate of drug-likeness (QED) is 0.642. The van der Waals surface area contributed by atoms with Gasteiger partial charge in [0.05, 0.1) is 23.6 Å². The fourth-order valence-corrected chi connectivity index (χ4v) is 3.75. The zero-order valence-electron chi connectivity index (χ0n) is 12.7. The average Bonchev–Trinajstić information content (AvgIpc) is 2.89. The average molecular weight is 378 g/mol. The predicted octanol–water partition coefficient (Wildman–Crippen LogP) is 5.14. The zero-order chi connectivity index (χ0) is 15.5. The first-order valence-corrected chi connectivity index (χ1v) is 8.68. The molecule has 0 aliphatic carbocycles. The molecule has 1 aromatic carbocycles. The van der Waals surface area contributed by atoms with Crippen LogP contribution in [0.15, 0.2) is 12.1 Å². The first-order valence-electron chi connectivity index (χ1n) is 7.39. The van der Waals surface area contributed by atoms with Gasteiger partial charge >= 0.3 is 0 Å². The predicted molar refractivity (Wildman–Crippen MR) is 89.0 cm³/mol. The number of benzene rings is 1. The van der Waals surface area contributed by atoms with Gasteiger partial charge in [0.25, 0.3) is 0 Å². The van der Waals surface area contributed by atoms with Crippen molar-refractivity contribution in [3.63, 3.8) is 0 Å². The van der Waals surface area contributed by atoms with Gasteiger partial charge in [-0.1, -0.05) is 27.5 Å². The van der Waals surface area contributed by atoms with E-state index in [4.69, 9.17) is 25.8 Å². The smallest absolute Gasteiger partial charge is 0.162 e. The second-order valence-electron chi connectivity index (χ2n) is 5.31. The van der Waals surface area contributed by atoms with Crippen molar-refractivity contribution in [2.75, 3.05) is 19.8 Å². The Morgan fingerprint density at radius 2 is 1.90 bits per heavy atom. The van der Waals surface area contributed by atoms with Crippen LogP contribution in [0.4, 0.5) is 0 Å². The third-order valence-corrected chi connectivity index (χ3v) is 5.51. The highest BCUT2D eigenvalue weighted by molar-refractivity contribution is 9.09. The van der Waals surface area contributed by atoms with Crippen molar-refractivity contribution in [1.29, 1.82) is 0 Å². The minimum absolute atomic E-state index is 0.0230. The van der Waals surface area contributed by atoms with Crippen LogP contribution in [0, 0.1) is 0 Å². The summed E-state index contributed by atoms with van der Waals surface area (Å²) in [5.74, 6) is 1.41. The van der Waals surface area contributed by atoms with Crippen LogP contribution < -0.4 is 9.47 Å². The number of hydrogen-bond donors (Lipinski definition) is 0. The highest BCUT2D eigenvalue weighted by Gasteiger charge is 2.39. The van der Waals surface area contributed by atoms with Crippen molar-refractivity contribution in [1.82, 2.24) is 0 Å². The van der Waals surface area contributed by atoms with E-state index in [9.17, 15) is 0 Å². The summed E-state index contributed by atoms with van der Waals surface area (Å²) >= 11 is 10.2. The van der Waals surface area contributed by atoms with E-state index >= 15 is 0 Å². The van der Waals surface area contributed by atoms with Crippen LogP contribution in [0.3, 0.4) is 0 Å². The van der Waals surface area contributed by atoms with Gasteiger partial charge in [-0.05, 0) is 45.2 Å². The Hall–Kier alpha value is -0.450. The number of hydrogen-bond acceptors (Lipinski definition) is 3. The largest absolute Gasteiger partial charge is 0.490 e. The molecule has 0 radical (unpaired) electrons. The summed E-state index contributed by atoms with van der Waals surface area (Å²) in [4.78, 5) is 0.0230. The van der Waals surface area contributed by atoms with E-state index in [0.29, 0.717) is 24.0 Å². The molecule has 1 saturated heterocycles. The lowest BCUT2D eigenvalue weighted by Crippen LogP contribution is -2.28. The molecule has 1 aliphatic rings. The zero-order valence-corrected chi connectivity index (χ0v) is 15.1. The lowest BCUT2D eigenvalue weighted by atomic mass is 9.93. The minimum atomic E-state index is -0.236. The molecular weight excluding hydrogens is 356 g/mol. The van der Waals surface area contributed by atoms with Crippen LogP contribution in [0.25, 0.3) is 0 Å². The van der Waals surface area contributed by atoms with Gasteiger partial charge in [0.1, 0.15) is 0 Å². The van der Waals surface area contributed by atoms with E-state index in [2.05, 4.69) is 22.9 Å². The van der Waals surface area contributed by atoms with E-state index in [1.165, 1.54) is 0 Å². The summed E-state index contributed by atoms with van der Waals surface area (Å²) in [6.07, 6.45) is 2.09. The molecule has 0 N–H and O–H groups in total. The van der Waals surface area contributed by atoms with E-state index in [1.54, 1.807) is 0 Å². The molecule has 2 unspecified atom stereocenters. The summed E-state index contributed by atoms with van der Waals surface area (Å²) in [7, 11) is 0. The molecule has 0 aromatic heterocycles. The number of rotatable bonds is 6. The van der Waals surface area contributed by atoms with Crippen LogP contribution in [0.5, 0.6) is 11.5 Å². The third-order valence-electron chi connectivity index (χ3n) is 3.72. The molecule has 21 heavy (non-hydrogen) atoms. The second kappa shape index (κ2) is 7.21. The molecule has 1 fully saturated rings. The van der Waals surface area contributed by atoms with Crippen LogP contribution in [0.2, 0.25) is 5.02 Å². The lowest BCUT2D eigenvalue weighted by molar-refractivity contribution is 0.0197. The normalized spacial score (nSPS) is 23.1. The maximum absolute atomic E-state index is 6.45. The van der Waals surface area contributed by atoms with Gasteiger partial charge in [0, 0.05) is 17.7 Å². The van der Waals surface area contributed by atoms with Gasteiger partial charge in [-0.3, -0.25) is 0 Å². The van der Waals surface area contributed by atoms with Crippen LogP contribution >= 0.6 is 27.5 Å². The van der Waals surface area contributed by atoms with Gasteiger partial charge in [0.2, 0.25) is 0 Å². The Bertz CT molecular complexity index is 487. The number of halogens is 2. The molecule has 0 bridgehead atoms. The molecule has 0 spiro atoms. The Morgan fingerprint density at radius 1 is 1.29 bits per heavy atom. The highest BCUT2D eigenvalue weighted by Crippen LogP contribution is 2.47. The minimum Gasteiger partial charge on any atom is -0.490 e. The SMILES string of the molecule is CCOc1cc(Cl)c(C(Br)C2(C)CCCO2)cc1OCC. The van der Waals surface area contributed by atoms with Gasteiger partial charge in [0.15, 0.2) is 11.5 Å². The van der Waals surface area contributed by atoms with Crippen molar-refractivity contribution < 1.29 is 14.2 Å². The van der Waals surface area contributed by atoms with Crippen molar-refractivity contribution in [3.8, 4) is 11.5 Å². The number of ether oxygens (including phenoxy) is 3. The van der Waals surface area contributed by atoms with Crippen LogP contribution in [-0.2, 0) is 4.74 Å². The first kappa shape index (κ1) is 16.9. The van der Waals surface area contributed by atoms with Gasteiger partial charge < -0.3 is 14.2 Å². The van der Waals surface area contributed by atoms with Crippen molar-refractivity contribution in [2.45, 2.75) is 44.0 Å². The third kappa shape index (κ3) is 3.66. The van der Waals surface area contributed by atoms with Gasteiger partial charge in [-0.15, -0.1) is 0 Å². The monoisotopic (exact) mass is 376 g/mol. The fourth-order valence-electron chi connectivity index (χ4n) is 2.61. The Labute approximate surface area is 140 Å². The maximum atomic E-state index is 6.45. The standard InChI is InChI=1S/C16H22BrClO3/c1-4-19-13-9-11(12(18)10-14(13)20-5-2)15(17)16(3)7-6-8-21-16/h9-10,15H,4-8H2,1-3H3. The van der Waals surface area contributed by atoms with E-state index in [-0.39, 0.29) is 10.4 Å². The fraction of sp³-hybridized carbons (Fsp3) is 0.625. The Balaban J connectivity index is 2.36. The molecule has 1 aromatic rings. The van der Waals surface area contributed by atoms with Crippen molar-refractivity contribution in [2.24, 2.45) is 0 Å². The molecule has 0 saturated carbocycles. The summed E-state index contributed by atoms with van der Waals surface area (Å²) in [5, 5.41) is 0.667. The topological polar surface area (TPSA) is 27.7 Å². The summed E-state index contributed by atoms with van der Waals surface area (Å²) < 4.78 is 17.2. The summed E-state index contributed by atoms with van der Waals surface area (Å²) in [6.45, 7) is 7.98. The molecule has 2 rings (SSSR count). The molecule has 3 nitrogen and oxygen atoms in total. The second-order valence-corrected chi connectivity index (χ2v) is 6.64. The summed E-state index contributed by atoms with van der Waals surface area (Å²) in [6, 6.07) is 3.79. The van der Waals surface area contributed by atoms with Crippen LogP contribution in [-0.4, -0.2) is 25.4 Å². The van der Waals surface area contributed by atoms with Crippen LogP contribution in [0.1, 0.15) is 44.0 Å². The lowest BCUT2D eigenvalue weighted by Gasteiger charge is -2.30.